The van der Waals surface area contributed by atoms with Crippen molar-refractivity contribution in [3.8, 4) is 6.07 Å². The van der Waals surface area contributed by atoms with E-state index >= 15 is 0 Å². The number of hydrogen-bond acceptors (Lipinski definition) is 6. The lowest BCUT2D eigenvalue weighted by Crippen LogP contribution is -1.98. The molecule has 1 aliphatic rings. The van der Waals surface area contributed by atoms with Crippen LogP contribution in [0.15, 0.2) is 64.2 Å². The van der Waals surface area contributed by atoms with Crippen LogP contribution < -0.4 is 0 Å². The van der Waals surface area contributed by atoms with Crippen LogP contribution in [0.1, 0.15) is 6.92 Å². The average Bonchev–Trinajstić information content (AvgIpc) is 2.89. The monoisotopic (exact) mass is 308 g/mol. The molecule has 0 aliphatic carbocycles. The lowest BCUT2D eigenvalue weighted by molar-refractivity contribution is 0.357. The van der Waals surface area contributed by atoms with E-state index in [1.807, 2.05) is 0 Å². The molecule has 0 fully saturated rings. The van der Waals surface area contributed by atoms with E-state index in [0.717, 1.165) is 0 Å². The minimum atomic E-state index is -3.06. The first-order valence-electron chi connectivity index (χ1n) is 5.47. The van der Waals surface area contributed by atoms with Gasteiger partial charge in [0.2, 0.25) is 0 Å². The molecule has 1 heterocycles. The van der Waals surface area contributed by atoms with Gasteiger partial charge in [0.25, 0.3) is 0 Å². The standard InChI is InChI=1S/C13H12N2O3S2/c1-3-5-6-10(4-2)12(9-14)11-7-8-19-13(11)15-18-20(16)17/h3-8,20H,1H2,2H3/b6-5-,10-4+,12-11-,15-13-. The Bertz CT molecular complexity index is 652. The summed E-state index contributed by atoms with van der Waals surface area (Å²) >= 11 is 1.18. The molecule has 0 N–H and O–H groups in total. The lowest BCUT2D eigenvalue weighted by Gasteiger charge is -2.04. The molecule has 7 heteroatoms. The summed E-state index contributed by atoms with van der Waals surface area (Å²) in [5.41, 5.74) is 1.60. The fraction of sp³-hybridized carbons (Fsp3) is 0.0769. The molecule has 0 unspecified atom stereocenters. The maximum absolute atomic E-state index is 10.4. The van der Waals surface area contributed by atoms with Crippen LogP contribution in [0.25, 0.3) is 0 Å². The fourth-order valence-corrected chi connectivity index (χ4v) is 2.32. The minimum Gasteiger partial charge on any atom is -0.269 e. The highest BCUT2D eigenvalue weighted by Crippen LogP contribution is 2.29. The highest BCUT2D eigenvalue weighted by atomic mass is 32.2. The third-order valence-electron chi connectivity index (χ3n) is 2.23. The highest BCUT2D eigenvalue weighted by Gasteiger charge is 2.18. The van der Waals surface area contributed by atoms with Crippen LogP contribution in [0.5, 0.6) is 0 Å². The maximum Gasteiger partial charge on any atom is 0.318 e. The van der Waals surface area contributed by atoms with Gasteiger partial charge < -0.3 is 0 Å². The zero-order chi connectivity index (χ0) is 15.0. The number of thioether (sulfide) groups is 1. The van der Waals surface area contributed by atoms with E-state index in [0.29, 0.717) is 21.8 Å². The predicted octanol–water partition coefficient (Wildman–Crippen LogP) is 2.61. The number of nitrogens with zero attached hydrogens (tertiary/aromatic N) is 2. The van der Waals surface area contributed by atoms with Crippen LogP contribution in [0.3, 0.4) is 0 Å². The molecule has 0 atom stereocenters. The Morgan fingerprint density at radius 2 is 2.35 bits per heavy atom. The molecular formula is C13H12N2O3S2. The van der Waals surface area contributed by atoms with E-state index in [-0.39, 0.29) is 0 Å². The second-order valence-corrected chi connectivity index (χ2v) is 4.87. The molecule has 0 aromatic rings. The van der Waals surface area contributed by atoms with E-state index < -0.39 is 11.0 Å². The van der Waals surface area contributed by atoms with Crippen LogP contribution >= 0.6 is 11.8 Å². The zero-order valence-corrected chi connectivity index (χ0v) is 12.4. The Hall–Kier alpha value is -2.04. The normalized spacial score (nSPS) is 19.6. The molecule has 0 aromatic heterocycles. The van der Waals surface area contributed by atoms with Gasteiger partial charge in [0.15, 0.2) is 0 Å². The molecule has 1 rings (SSSR count). The van der Waals surface area contributed by atoms with Crippen molar-refractivity contribution in [2.24, 2.45) is 5.16 Å². The molecule has 0 saturated heterocycles. The van der Waals surface area contributed by atoms with Crippen molar-refractivity contribution in [2.75, 3.05) is 0 Å². The smallest absolute Gasteiger partial charge is 0.269 e. The van der Waals surface area contributed by atoms with Gasteiger partial charge in [0, 0.05) is 5.57 Å². The lowest BCUT2D eigenvalue weighted by atomic mass is 10.0. The van der Waals surface area contributed by atoms with E-state index in [9.17, 15) is 13.7 Å². The van der Waals surface area contributed by atoms with Crippen molar-refractivity contribution in [1.29, 1.82) is 5.26 Å². The van der Waals surface area contributed by atoms with Crippen LogP contribution in [-0.4, -0.2) is 13.5 Å². The molecule has 0 spiro atoms. The third-order valence-corrected chi connectivity index (χ3v) is 3.23. The van der Waals surface area contributed by atoms with Gasteiger partial charge in [-0.15, -0.1) is 0 Å². The topological polar surface area (TPSA) is 79.5 Å². The first kappa shape index (κ1) is 16.0. The van der Waals surface area contributed by atoms with Crippen molar-refractivity contribution in [1.82, 2.24) is 0 Å². The zero-order valence-electron chi connectivity index (χ0n) is 10.6. The van der Waals surface area contributed by atoms with Crippen LogP contribution in [0.4, 0.5) is 0 Å². The van der Waals surface area contributed by atoms with Gasteiger partial charge in [-0.05, 0) is 24.0 Å². The Morgan fingerprint density at radius 1 is 1.60 bits per heavy atom. The summed E-state index contributed by atoms with van der Waals surface area (Å²) in [6.45, 7) is 5.37. The Kier molecular flexibility index (Phi) is 6.56. The SMILES string of the molecule is C=C\C=C/C(=C\C)C(/C#N)=C1/C=CS/C1=N\O[SH](=O)=O. The van der Waals surface area contributed by atoms with Gasteiger partial charge in [-0.25, -0.2) is 0 Å². The summed E-state index contributed by atoms with van der Waals surface area (Å²) in [5.74, 6) is 0. The van der Waals surface area contributed by atoms with Crippen molar-refractivity contribution in [3.63, 3.8) is 0 Å². The third kappa shape index (κ3) is 4.26. The van der Waals surface area contributed by atoms with Crippen molar-refractivity contribution < 1.29 is 12.7 Å². The predicted molar refractivity (Wildman–Crippen MR) is 81.3 cm³/mol. The molecule has 0 amide bonds. The summed E-state index contributed by atoms with van der Waals surface area (Å²) in [6, 6.07) is 2.10. The molecular weight excluding hydrogens is 296 g/mol. The van der Waals surface area contributed by atoms with Crippen molar-refractivity contribution in [2.45, 2.75) is 6.92 Å². The molecule has 0 saturated carbocycles. The fourth-order valence-electron chi connectivity index (χ4n) is 1.41. The summed E-state index contributed by atoms with van der Waals surface area (Å²) in [6.07, 6.45) is 8.51. The number of oxime groups is 1. The van der Waals surface area contributed by atoms with Crippen LogP contribution in [0, 0.1) is 11.3 Å². The van der Waals surface area contributed by atoms with E-state index in [4.69, 9.17) is 0 Å². The minimum absolute atomic E-state index is 0.326. The Labute approximate surface area is 123 Å². The quantitative estimate of drug-likeness (QED) is 0.365. The first-order valence-corrected chi connectivity index (χ1v) is 7.44. The highest BCUT2D eigenvalue weighted by molar-refractivity contribution is 8.17. The summed E-state index contributed by atoms with van der Waals surface area (Å²) < 4.78 is 25.0. The molecule has 0 bridgehead atoms. The summed E-state index contributed by atoms with van der Waals surface area (Å²) in [7, 11) is -3.06. The number of rotatable bonds is 5. The van der Waals surface area contributed by atoms with E-state index in [1.54, 1.807) is 42.7 Å². The number of thiol groups is 1. The van der Waals surface area contributed by atoms with Gasteiger partial charge in [0.05, 0.1) is 5.57 Å². The molecule has 1 aliphatic heterocycles. The van der Waals surface area contributed by atoms with Gasteiger partial charge in [-0.2, -0.15) is 13.7 Å². The average molecular weight is 308 g/mol. The van der Waals surface area contributed by atoms with Crippen molar-refractivity contribution >= 4 is 27.8 Å². The van der Waals surface area contributed by atoms with Gasteiger partial charge in [-0.3, -0.25) is 4.28 Å². The maximum atomic E-state index is 10.4. The summed E-state index contributed by atoms with van der Waals surface area (Å²) in [5, 5.41) is 14.9. The molecule has 5 nitrogen and oxygen atoms in total. The largest absolute Gasteiger partial charge is 0.318 e. The van der Waals surface area contributed by atoms with E-state index in [2.05, 4.69) is 22.1 Å². The van der Waals surface area contributed by atoms with Gasteiger partial charge >= 0.3 is 11.0 Å². The molecule has 0 aromatic carbocycles. The molecule has 20 heavy (non-hydrogen) atoms. The summed E-state index contributed by atoms with van der Waals surface area (Å²) in [4.78, 5) is 0. The van der Waals surface area contributed by atoms with Crippen molar-refractivity contribution in [3.05, 3.63) is 59.1 Å². The first-order chi connectivity index (χ1) is 9.63. The van der Waals surface area contributed by atoms with Crippen LogP contribution in [0.2, 0.25) is 0 Å². The van der Waals surface area contributed by atoms with E-state index in [1.165, 1.54) is 11.8 Å². The molecule has 0 radical (unpaired) electrons. The Balaban J connectivity index is 3.27. The Morgan fingerprint density at radius 3 is 2.90 bits per heavy atom. The number of nitriles is 1. The van der Waals surface area contributed by atoms with Gasteiger partial charge in [-0.1, -0.05) is 47.8 Å². The second kappa shape index (κ2) is 8.19. The number of hydrogen-bond donors (Lipinski definition) is 1. The number of allylic oxidation sites excluding steroid dienone is 7. The van der Waals surface area contributed by atoms with Crippen LogP contribution in [-0.2, 0) is 15.3 Å². The van der Waals surface area contributed by atoms with Gasteiger partial charge in [0.1, 0.15) is 11.1 Å². The molecule has 104 valence electrons. The second-order valence-electron chi connectivity index (χ2n) is 3.36.